The molecule has 1 saturated heterocycles. The summed E-state index contributed by atoms with van der Waals surface area (Å²) in [5, 5.41) is 12.0. The van der Waals surface area contributed by atoms with Crippen molar-refractivity contribution in [3.63, 3.8) is 0 Å². The Morgan fingerprint density at radius 2 is 1.89 bits per heavy atom. The highest BCUT2D eigenvalue weighted by Crippen LogP contribution is 2.21. The molecule has 2 aromatic rings. The molecule has 0 aliphatic carbocycles. The summed E-state index contributed by atoms with van der Waals surface area (Å²) in [5.41, 5.74) is 1.13. The van der Waals surface area contributed by atoms with Gasteiger partial charge < -0.3 is 15.2 Å². The molecule has 2 heterocycles. The van der Waals surface area contributed by atoms with Crippen LogP contribution >= 0.6 is 0 Å². The second kappa shape index (κ2) is 9.50. The van der Waals surface area contributed by atoms with Gasteiger partial charge in [-0.3, -0.25) is 4.90 Å². The van der Waals surface area contributed by atoms with Gasteiger partial charge in [-0.1, -0.05) is 26.0 Å². The summed E-state index contributed by atoms with van der Waals surface area (Å²) < 4.78 is 5.87. The van der Waals surface area contributed by atoms with E-state index in [0.29, 0.717) is 19.0 Å². The molecule has 150 valence electrons. The van der Waals surface area contributed by atoms with Crippen molar-refractivity contribution < 1.29 is 14.6 Å². The second-order valence-corrected chi connectivity index (χ2v) is 7.48. The lowest BCUT2D eigenvalue weighted by Crippen LogP contribution is -2.26. The minimum absolute atomic E-state index is 0.0603. The fourth-order valence-corrected chi connectivity index (χ4v) is 3.34. The van der Waals surface area contributed by atoms with Crippen LogP contribution in [-0.2, 0) is 6.42 Å². The molecule has 0 amide bonds. The molecular formula is C21H28N4O3. The van der Waals surface area contributed by atoms with Gasteiger partial charge in [-0.25, -0.2) is 14.8 Å². The third-order valence-corrected chi connectivity index (χ3v) is 5.25. The van der Waals surface area contributed by atoms with E-state index < -0.39 is 5.97 Å². The molecule has 1 aliphatic heterocycles. The smallest absolute Gasteiger partial charge is 0.356 e. The first-order chi connectivity index (χ1) is 13.5. The van der Waals surface area contributed by atoms with Crippen LogP contribution in [0, 0.1) is 11.8 Å². The number of carbonyl (C=O) groups is 1. The number of anilines is 1. The maximum atomic E-state index is 10.8. The standard InChI is InChI=1S/C21H28N4O3/c1-15-13-25(14-16(15)2)9-10-28-18-5-3-17(4-6-18)7-8-22-20-12-23-19(11-24-20)21(26)27/h3-6,11-12,15-16H,7-10,13-14H2,1-2H3,(H,22,24)(H,26,27). The van der Waals surface area contributed by atoms with Crippen LogP contribution in [0.1, 0.15) is 29.9 Å². The van der Waals surface area contributed by atoms with E-state index in [1.165, 1.54) is 31.0 Å². The first kappa shape index (κ1) is 20.1. The molecule has 28 heavy (non-hydrogen) atoms. The van der Waals surface area contributed by atoms with E-state index in [1.54, 1.807) is 0 Å². The van der Waals surface area contributed by atoms with Gasteiger partial charge in [0.05, 0.1) is 12.4 Å². The minimum Gasteiger partial charge on any atom is -0.492 e. The zero-order valence-corrected chi connectivity index (χ0v) is 16.5. The molecule has 2 atom stereocenters. The highest BCUT2D eigenvalue weighted by atomic mass is 16.5. The Morgan fingerprint density at radius 3 is 2.50 bits per heavy atom. The zero-order valence-electron chi connectivity index (χ0n) is 16.5. The Balaban J connectivity index is 1.36. The van der Waals surface area contributed by atoms with Crippen molar-refractivity contribution in [2.75, 3.05) is 38.1 Å². The quantitative estimate of drug-likeness (QED) is 0.687. The molecular weight excluding hydrogens is 356 g/mol. The largest absolute Gasteiger partial charge is 0.492 e. The molecule has 7 nitrogen and oxygen atoms in total. The fraction of sp³-hybridized carbons (Fsp3) is 0.476. The number of nitrogens with one attached hydrogen (secondary N) is 1. The van der Waals surface area contributed by atoms with Gasteiger partial charge in [0.15, 0.2) is 5.69 Å². The third kappa shape index (κ3) is 5.66. The van der Waals surface area contributed by atoms with E-state index in [-0.39, 0.29) is 5.69 Å². The molecule has 1 aromatic heterocycles. The van der Waals surface area contributed by atoms with E-state index in [2.05, 4.69) is 46.2 Å². The van der Waals surface area contributed by atoms with Crippen LogP contribution in [0.2, 0.25) is 0 Å². The molecule has 2 N–H and O–H groups in total. The van der Waals surface area contributed by atoms with Crippen molar-refractivity contribution >= 4 is 11.8 Å². The number of hydrogen-bond acceptors (Lipinski definition) is 6. The first-order valence-electron chi connectivity index (χ1n) is 9.74. The average molecular weight is 384 g/mol. The van der Waals surface area contributed by atoms with Gasteiger partial charge in [-0.15, -0.1) is 0 Å². The van der Waals surface area contributed by atoms with Crippen LogP contribution in [0.4, 0.5) is 5.82 Å². The van der Waals surface area contributed by atoms with Gasteiger partial charge in [-0.2, -0.15) is 0 Å². The summed E-state index contributed by atoms with van der Waals surface area (Å²) in [6, 6.07) is 8.14. The number of hydrogen-bond donors (Lipinski definition) is 2. The number of aromatic nitrogens is 2. The van der Waals surface area contributed by atoms with Crippen molar-refractivity contribution in [2.45, 2.75) is 20.3 Å². The van der Waals surface area contributed by atoms with E-state index in [0.717, 1.165) is 30.6 Å². The Kier molecular flexibility index (Phi) is 6.81. The molecule has 3 rings (SSSR count). The third-order valence-electron chi connectivity index (χ3n) is 5.25. The first-order valence-corrected chi connectivity index (χ1v) is 9.74. The van der Waals surface area contributed by atoms with Crippen LogP contribution in [0.25, 0.3) is 0 Å². The lowest BCUT2D eigenvalue weighted by molar-refractivity contribution is 0.0690. The predicted octanol–water partition coefficient (Wildman–Crippen LogP) is 2.80. The van der Waals surface area contributed by atoms with Gasteiger partial charge in [0.25, 0.3) is 0 Å². The average Bonchev–Trinajstić information content (AvgIpc) is 3.01. The van der Waals surface area contributed by atoms with Crippen molar-refractivity contribution in [1.29, 1.82) is 0 Å². The number of nitrogens with zero attached hydrogens (tertiary/aromatic N) is 3. The van der Waals surface area contributed by atoms with E-state index >= 15 is 0 Å². The lowest BCUT2D eigenvalue weighted by Gasteiger charge is -2.16. The molecule has 7 heteroatoms. The van der Waals surface area contributed by atoms with Gasteiger partial charge in [0.1, 0.15) is 18.2 Å². The van der Waals surface area contributed by atoms with Crippen molar-refractivity contribution in [3.8, 4) is 5.75 Å². The maximum absolute atomic E-state index is 10.8. The van der Waals surface area contributed by atoms with Crippen molar-refractivity contribution in [3.05, 3.63) is 47.9 Å². The Bertz CT molecular complexity index is 754. The number of carboxylic acid groups (broad SMARTS) is 1. The van der Waals surface area contributed by atoms with Gasteiger partial charge in [0, 0.05) is 26.2 Å². The van der Waals surface area contributed by atoms with Crippen molar-refractivity contribution in [1.82, 2.24) is 14.9 Å². The zero-order chi connectivity index (χ0) is 19.9. The molecule has 0 saturated carbocycles. The molecule has 0 bridgehead atoms. The highest BCUT2D eigenvalue weighted by molar-refractivity contribution is 5.84. The monoisotopic (exact) mass is 384 g/mol. The second-order valence-electron chi connectivity index (χ2n) is 7.48. The molecule has 1 fully saturated rings. The lowest BCUT2D eigenvalue weighted by atomic mass is 10.0. The normalized spacial score (nSPS) is 19.5. The fourth-order valence-electron chi connectivity index (χ4n) is 3.34. The van der Waals surface area contributed by atoms with Gasteiger partial charge in [-0.05, 0) is 36.0 Å². The molecule has 1 aromatic carbocycles. The van der Waals surface area contributed by atoms with E-state index in [9.17, 15) is 4.79 Å². The van der Waals surface area contributed by atoms with Crippen LogP contribution in [0.15, 0.2) is 36.7 Å². The van der Waals surface area contributed by atoms with E-state index in [4.69, 9.17) is 9.84 Å². The summed E-state index contributed by atoms with van der Waals surface area (Å²) in [6.45, 7) is 9.34. The molecule has 1 aliphatic rings. The van der Waals surface area contributed by atoms with Gasteiger partial charge in [0.2, 0.25) is 0 Å². The van der Waals surface area contributed by atoms with Gasteiger partial charge >= 0.3 is 5.97 Å². The summed E-state index contributed by atoms with van der Waals surface area (Å²) in [5.74, 6) is 1.93. The summed E-state index contributed by atoms with van der Waals surface area (Å²) in [6.07, 6.45) is 3.51. The van der Waals surface area contributed by atoms with Crippen LogP contribution in [0.5, 0.6) is 5.75 Å². The Hall–Kier alpha value is -2.67. The number of rotatable bonds is 9. The Labute approximate surface area is 165 Å². The van der Waals surface area contributed by atoms with E-state index in [1.807, 2.05) is 12.1 Å². The molecule has 2 unspecified atom stereocenters. The summed E-state index contributed by atoms with van der Waals surface area (Å²) >= 11 is 0. The maximum Gasteiger partial charge on any atom is 0.356 e. The van der Waals surface area contributed by atoms with Crippen LogP contribution < -0.4 is 10.1 Å². The topological polar surface area (TPSA) is 87.6 Å². The predicted molar refractivity (Wildman–Crippen MR) is 108 cm³/mol. The SMILES string of the molecule is CC1CN(CCOc2ccc(CCNc3cnc(C(=O)O)cn3)cc2)CC1C. The summed E-state index contributed by atoms with van der Waals surface area (Å²) in [4.78, 5) is 21.1. The number of aromatic carboxylic acids is 1. The molecule has 0 radical (unpaired) electrons. The molecule has 0 spiro atoms. The van der Waals surface area contributed by atoms with Crippen LogP contribution in [0.3, 0.4) is 0 Å². The number of benzene rings is 1. The highest BCUT2D eigenvalue weighted by Gasteiger charge is 2.25. The summed E-state index contributed by atoms with van der Waals surface area (Å²) in [7, 11) is 0. The number of carboxylic acids is 1. The van der Waals surface area contributed by atoms with Crippen molar-refractivity contribution in [2.24, 2.45) is 11.8 Å². The number of likely N-dealkylation sites (tertiary alicyclic amines) is 1. The van der Waals surface area contributed by atoms with Crippen LogP contribution in [-0.4, -0.2) is 58.7 Å². The minimum atomic E-state index is -1.08. The number of ether oxygens (including phenoxy) is 1. The Morgan fingerprint density at radius 1 is 1.18 bits per heavy atom.